The molecular formula is C21H14Cl2N3OP. The number of H-pyrrole nitrogens is 2. The number of allylic oxidation sites excluding steroid dienone is 2. The summed E-state index contributed by atoms with van der Waals surface area (Å²) in [5.74, 6) is 0.574. The van der Waals surface area contributed by atoms with Gasteiger partial charge in [0.1, 0.15) is 5.82 Å². The molecule has 138 valence electrons. The molecule has 28 heavy (non-hydrogen) atoms. The van der Waals surface area contributed by atoms with Crippen LogP contribution in [0.15, 0.2) is 47.4 Å². The second-order valence-electron chi connectivity index (χ2n) is 6.62. The van der Waals surface area contributed by atoms with Crippen molar-refractivity contribution in [3.05, 3.63) is 73.5 Å². The topological polar surface area (TPSA) is 61.5 Å². The Balaban J connectivity index is 2.03. The molecule has 2 aromatic heterocycles. The van der Waals surface area contributed by atoms with E-state index in [0.717, 1.165) is 21.3 Å². The van der Waals surface area contributed by atoms with Gasteiger partial charge in [-0.1, -0.05) is 53.6 Å². The summed E-state index contributed by atoms with van der Waals surface area (Å²) in [5, 5.41) is 4.24. The van der Waals surface area contributed by atoms with Crippen molar-refractivity contribution in [2.45, 2.75) is 5.66 Å². The van der Waals surface area contributed by atoms with Crippen LogP contribution in [0.2, 0.25) is 10.0 Å². The van der Waals surface area contributed by atoms with Crippen LogP contribution in [-0.2, 0) is 0 Å². The van der Waals surface area contributed by atoms with Gasteiger partial charge in [-0.05, 0) is 23.4 Å². The zero-order valence-corrected chi connectivity index (χ0v) is 17.1. The number of hydrogen-bond donors (Lipinski definition) is 2. The molecule has 7 heteroatoms. The number of nitrogens with one attached hydrogen (secondary N) is 2. The normalized spacial score (nSPS) is 15.9. The summed E-state index contributed by atoms with van der Waals surface area (Å²) in [7, 11) is 2.77. The zero-order valence-electron chi connectivity index (χ0n) is 14.5. The van der Waals surface area contributed by atoms with Crippen molar-refractivity contribution in [1.29, 1.82) is 0 Å². The molecule has 4 nitrogen and oxygen atoms in total. The average molecular weight is 426 g/mol. The number of rotatable bonds is 1. The first-order valence-corrected chi connectivity index (χ1v) is 10.1. The predicted molar refractivity (Wildman–Crippen MR) is 120 cm³/mol. The molecule has 4 aromatic rings. The van der Waals surface area contributed by atoms with Gasteiger partial charge in [0, 0.05) is 22.5 Å². The van der Waals surface area contributed by atoms with Crippen molar-refractivity contribution < 1.29 is 0 Å². The summed E-state index contributed by atoms with van der Waals surface area (Å²) >= 11 is 12.8. The molecule has 0 saturated carbocycles. The Bertz CT molecular complexity index is 1460. The van der Waals surface area contributed by atoms with Crippen LogP contribution in [0.25, 0.3) is 45.3 Å². The van der Waals surface area contributed by atoms with Gasteiger partial charge in [-0.3, -0.25) is 4.79 Å². The number of nitrogens with zero attached hydrogens (tertiary/aromatic N) is 1. The van der Waals surface area contributed by atoms with E-state index < -0.39 is 0 Å². The van der Waals surface area contributed by atoms with Gasteiger partial charge in [0.15, 0.2) is 0 Å². The van der Waals surface area contributed by atoms with E-state index in [1.165, 1.54) is 0 Å². The van der Waals surface area contributed by atoms with Crippen LogP contribution < -0.4 is 16.0 Å². The molecule has 1 aliphatic carbocycles. The molecule has 2 atom stereocenters. The molecule has 5 rings (SSSR count). The molecule has 0 radical (unpaired) electrons. The average Bonchev–Trinajstić information content (AvgIpc) is 2.99. The molecule has 2 heterocycles. The Morgan fingerprint density at radius 1 is 1.11 bits per heavy atom. The third kappa shape index (κ3) is 2.64. The molecule has 0 bridgehead atoms. The van der Waals surface area contributed by atoms with Gasteiger partial charge in [-0.15, -0.1) is 9.24 Å². The Hall–Kier alpha value is -2.39. The van der Waals surface area contributed by atoms with Crippen LogP contribution in [-0.4, -0.2) is 20.6 Å². The van der Waals surface area contributed by atoms with E-state index in [-0.39, 0.29) is 11.2 Å². The lowest BCUT2D eigenvalue weighted by Gasteiger charge is -2.02. The summed E-state index contributed by atoms with van der Waals surface area (Å²) < 4.78 is 0. The summed E-state index contributed by atoms with van der Waals surface area (Å²) in [6.45, 7) is 0. The quantitative estimate of drug-likeness (QED) is 0.456. The second kappa shape index (κ2) is 6.59. The zero-order chi connectivity index (χ0) is 19.4. The van der Waals surface area contributed by atoms with E-state index in [1.54, 1.807) is 24.4 Å². The predicted octanol–water partition coefficient (Wildman–Crippen LogP) is 3.75. The first-order valence-electron chi connectivity index (χ1n) is 8.68. The van der Waals surface area contributed by atoms with E-state index in [4.69, 9.17) is 28.2 Å². The highest BCUT2D eigenvalue weighted by Gasteiger charge is 2.17. The number of fused-ring (bicyclic) bond motifs is 6. The lowest BCUT2D eigenvalue weighted by molar-refractivity contribution is 1.27. The van der Waals surface area contributed by atoms with Crippen molar-refractivity contribution in [2.24, 2.45) is 0 Å². The maximum atomic E-state index is 12.7. The van der Waals surface area contributed by atoms with E-state index >= 15 is 0 Å². The Morgan fingerprint density at radius 2 is 1.89 bits per heavy atom. The smallest absolute Gasteiger partial charge is 0.256 e. The second-order valence-corrected chi connectivity index (χ2v) is 8.21. The fourth-order valence-corrected chi connectivity index (χ4v) is 4.59. The van der Waals surface area contributed by atoms with Gasteiger partial charge in [-0.2, -0.15) is 0 Å². The Labute approximate surface area is 171 Å². The van der Waals surface area contributed by atoms with Crippen LogP contribution in [0.4, 0.5) is 0 Å². The highest BCUT2D eigenvalue weighted by Crippen LogP contribution is 2.34. The third-order valence-electron chi connectivity index (χ3n) is 4.90. The molecule has 0 fully saturated rings. The molecule has 0 spiro atoms. The molecular weight excluding hydrogens is 412 g/mol. The van der Waals surface area contributed by atoms with Crippen LogP contribution in [0.3, 0.4) is 0 Å². The molecule has 1 aliphatic rings. The van der Waals surface area contributed by atoms with Gasteiger partial charge >= 0.3 is 0 Å². The lowest BCUT2D eigenvalue weighted by atomic mass is 10.1. The number of imidazole rings is 1. The van der Waals surface area contributed by atoms with E-state index in [0.29, 0.717) is 32.3 Å². The van der Waals surface area contributed by atoms with Gasteiger partial charge in [0.2, 0.25) is 0 Å². The van der Waals surface area contributed by atoms with Gasteiger partial charge < -0.3 is 9.97 Å². The fourth-order valence-electron chi connectivity index (χ4n) is 3.69. The van der Waals surface area contributed by atoms with E-state index in [2.05, 4.69) is 31.4 Å². The van der Waals surface area contributed by atoms with Crippen molar-refractivity contribution in [3.63, 3.8) is 0 Å². The van der Waals surface area contributed by atoms with Gasteiger partial charge in [0.05, 0.1) is 32.0 Å². The van der Waals surface area contributed by atoms with Crippen molar-refractivity contribution >= 4 is 66.4 Å². The molecule has 0 amide bonds. The highest BCUT2D eigenvalue weighted by molar-refractivity contribution is 7.18. The monoisotopic (exact) mass is 425 g/mol. The molecule has 2 N–H and O–H groups in total. The number of hydrogen-bond acceptors (Lipinski definition) is 2. The van der Waals surface area contributed by atoms with E-state index in [1.807, 2.05) is 18.2 Å². The standard InChI is InChI=1S/C21H14Cl2N3OP/c22-14-5-2-6-15(23)17(14)20-25-18-11-4-1-3-10(28)9-13(11)16-12(19(18)26-20)7-8-24-21(16)27/h1-10H,28H2,(H,24,27)(H,25,26). The maximum Gasteiger partial charge on any atom is 0.256 e. The first-order chi connectivity index (χ1) is 13.5. The number of pyridine rings is 1. The SMILES string of the molecule is O=c1[nH]ccc2c1c1c(c3[nH]c(-c4c(Cl)cccc4Cl)nc32)=CC=CC(P)C=1. The first kappa shape index (κ1) is 17.7. The number of aromatic nitrogens is 3. The summed E-state index contributed by atoms with van der Waals surface area (Å²) in [6.07, 6.45) is 9.76. The van der Waals surface area contributed by atoms with Gasteiger partial charge in [-0.25, -0.2) is 4.98 Å². The Morgan fingerprint density at radius 3 is 2.68 bits per heavy atom. The fraction of sp³-hybridized carbons (Fsp3) is 0.0476. The largest absolute Gasteiger partial charge is 0.337 e. The lowest BCUT2D eigenvalue weighted by Crippen LogP contribution is -2.31. The number of halogens is 2. The highest BCUT2D eigenvalue weighted by atomic mass is 35.5. The van der Waals surface area contributed by atoms with E-state index in [9.17, 15) is 4.79 Å². The van der Waals surface area contributed by atoms with Crippen LogP contribution >= 0.6 is 32.4 Å². The maximum absolute atomic E-state index is 12.7. The minimum Gasteiger partial charge on any atom is -0.337 e. The third-order valence-corrected chi connectivity index (χ3v) is 5.95. The molecule has 2 aromatic carbocycles. The number of aromatic amines is 2. The molecule has 0 aliphatic heterocycles. The molecule has 0 saturated heterocycles. The summed E-state index contributed by atoms with van der Waals surface area (Å²) in [5.41, 5.74) is 2.19. The van der Waals surface area contributed by atoms with Crippen molar-refractivity contribution in [1.82, 2.24) is 15.0 Å². The Kier molecular flexibility index (Phi) is 4.17. The summed E-state index contributed by atoms with van der Waals surface area (Å²) in [4.78, 5) is 23.7. The number of benzene rings is 2. The van der Waals surface area contributed by atoms with Gasteiger partial charge in [0.25, 0.3) is 5.56 Å². The van der Waals surface area contributed by atoms with Crippen LogP contribution in [0.1, 0.15) is 0 Å². The summed E-state index contributed by atoms with van der Waals surface area (Å²) in [6, 6.07) is 7.23. The van der Waals surface area contributed by atoms with Crippen molar-refractivity contribution in [2.75, 3.05) is 0 Å². The van der Waals surface area contributed by atoms with Crippen LogP contribution in [0, 0.1) is 0 Å². The minimum absolute atomic E-state index is 0.123. The van der Waals surface area contributed by atoms with Crippen molar-refractivity contribution in [3.8, 4) is 11.4 Å². The minimum atomic E-state index is -0.139. The van der Waals surface area contributed by atoms with Crippen LogP contribution in [0.5, 0.6) is 0 Å². The molecule has 2 unspecified atom stereocenters.